The van der Waals surface area contributed by atoms with E-state index in [9.17, 15) is 4.79 Å². The maximum absolute atomic E-state index is 12.2. The van der Waals surface area contributed by atoms with E-state index in [1.165, 1.54) is 12.8 Å². The van der Waals surface area contributed by atoms with Crippen LogP contribution in [0.3, 0.4) is 0 Å². The second-order valence-corrected chi connectivity index (χ2v) is 7.58. The lowest BCUT2D eigenvalue weighted by molar-refractivity contribution is 0.211. The van der Waals surface area contributed by atoms with Crippen molar-refractivity contribution < 1.29 is 9.21 Å². The molecule has 2 amide bonds. The molecule has 21 heavy (non-hydrogen) atoms. The fraction of sp³-hybridized carbons (Fsp3) is 0.706. The van der Waals surface area contributed by atoms with Crippen LogP contribution in [0.15, 0.2) is 10.5 Å². The van der Waals surface area contributed by atoms with Crippen LogP contribution in [-0.2, 0) is 6.42 Å². The van der Waals surface area contributed by atoms with E-state index in [1.807, 2.05) is 6.92 Å². The van der Waals surface area contributed by atoms with Crippen molar-refractivity contribution in [1.29, 1.82) is 0 Å². The highest BCUT2D eigenvalue weighted by Crippen LogP contribution is 2.42. The normalized spacial score (nSPS) is 25.0. The smallest absolute Gasteiger partial charge is 0.315 e. The summed E-state index contributed by atoms with van der Waals surface area (Å²) < 4.78 is 5.81. The van der Waals surface area contributed by atoms with Crippen molar-refractivity contribution in [2.75, 3.05) is 0 Å². The Balaban J connectivity index is 1.70. The van der Waals surface area contributed by atoms with Gasteiger partial charge in [0.25, 0.3) is 0 Å². The topological polar surface area (TPSA) is 54.3 Å². The Labute approximate surface area is 126 Å². The third kappa shape index (κ3) is 3.25. The number of hydrogen-bond donors (Lipinski definition) is 2. The Morgan fingerprint density at radius 3 is 2.81 bits per heavy atom. The van der Waals surface area contributed by atoms with Gasteiger partial charge in [-0.1, -0.05) is 13.8 Å². The van der Waals surface area contributed by atoms with Crippen molar-refractivity contribution in [2.24, 2.45) is 11.3 Å². The van der Waals surface area contributed by atoms with Crippen LogP contribution in [-0.4, -0.2) is 12.1 Å². The van der Waals surface area contributed by atoms with E-state index >= 15 is 0 Å². The molecular weight excluding hydrogens is 264 g/mol. The second kappa shape index (κ2) is 5.08. The Hall–Kier alpha value is -1.45. The lowest BCUT2D eigenvalue weighted by Gasteiger charge is -2.34. The molecule has 116 valence electrons. The molecule has 1 saturated carbocycles. The molecule has 1 heterocycles. The van der Waals surface area contributed by atoms with Crippen LogP contribution in [0.1, 0.15) is 63.2 Å². The van der Waals surface area contributed by atoms with Crippen LogP contribution in [0.25, 0.3) is 0 Å². The minimum atomic E-state index is -0.0538. The first-order chi connectivity index (χ1) is 9.84. The molecule has 1 fully saturated rings. The monoisotopic (exact) mass is 290 g/mol. The summed E-state index contributed by atoms with van der Waals surface area (Å²) >= 11 is 0. The van der Waals surface area contributed by atoms with Crippen LogP contribution in [0.5, 0.6) is 0 Å². The molecule has 1 aromatic heterocycles. The fourth-order valence-electron chi connectivity index (χ4n) is 3.43. The molecule has 0 unspecified atom stereocenters. The molecule has 3 rings (SSSR count). The Kier molecular flexibility index (Phi) is 3.50. The SMILES string of the molecule is Cc1cc2c(o1)CC(C)(C)C[C@@H]2NC(=O)N[C@H](C)C1CC1. The quantitative estimate of drug-likeness (QED) is 0.892. The minimum absolute atomic E-state index is 0.0487. The molecule has 2 aliphatic rings. The van der Waals surface area contributed by atoms with E-state index < -0.39 is 0 Å². The van der Waals surface area contributed by atoms with Gasteiger partial charge in [0.2, 0.25) is 0 Å². The third-order valence-corrected chi connectivity index (χ3v) is 4.73. The Bertz CT molecular complexity index is 543. The number of carbonyl (C=O) groups excluding carboxylic acids is 1. The van der Waals surface area contributed by atoms with Gasteiger partial charge in [0.1, 0.15) is 11.5 Å². The van der Waals surface area contributed by atoms with E-state index in [-0.39, 0.29) is 23.5 Å². The molecule has 0 aliphatic heterocycles. The first kappa shape index (κ1) is 14.5. The van der Waals surface area contributed by atoms with Crippen LogP contribution < -0.4 is 10.6 Å². The number of nitrogens with one attached hydrogen (secondary N) is 2. The summed E-state index contributed by atoms with van der Waals surface area (Å²) in [7, 11) is 0. The summed E-state index contributed by atoms with van der Waals surface area (Å²) in [5.41, 5.74) is 1.30. The zero-order valence-corrected chi connectivity index (χ0v) is 13.5. The third-order valence-electron chi connectivity index (χ3n) is 4.73. The largest absolute Gasteiger partial charge is 0.466 e. The number of hydrogen-bond acceptors (Lipinski definition) is 2. The van der Waals surface area contributed by atoms with E-state index in [4.69, 9.17) is 4.42 Å². The number of amides is 2. The first-order valence-electron chi connectivity index (χ1n) is 8.00. The Morgan fingerprint density at radius 2 is 2.14 bits per heavy atom. The maximum atomic E-state index is 12.2. The van der Waals surface area contributed by atoms with Crippen LogP contribution >= 0.6 is 0 Å². The van der Waals surface area contributed by atoms with Crippen LogP contribution in [0.2, 0.25) is 0 Å². The lowest BCUT2D eigenvalue weighted by Crippen LogP contribution is -2.45. The zero-order valence-electron chi connectivity index (χ0n) is 13.5. The highest BCUT2D eigenvalue weighted by molar-refractivity contribution is 5.75. The summed E-state index contributed by atoms with van der Waals surface area (Å²) in [5.74, 6) is 2.63. The number of rotatable bonds is 3. The summed E-state index contributed by atoms with van der Waals surface area (Å²) in [5, 5.41) is 6.22. The number of fused-ring (bicyclic) bond motifs is 1. The van der Waals surface area contributed by atoms with Crippen molar-refractivity contribution in [2.45, 2.75) is 65.5 Å². The summed E-state index contributed by atoms with van der Waals surface area (Å²) in [4.78, 5) is 12.2. The van der Waals surface area contributed by atoms with Crippen molar-refractivity contribution in [1.82, 2.24) is 10.6 Å². The highest BCUT2D eigenvalue weighted by Gasteiger charge is 2.36. The van der Waals surface area contributed by atoms with Gasteiger partial charge in [0.15, 0.2) is 0 Å². The predicted molar refractivity (Wildman–Crippen MR) is 82.1 cm³/mol. The van der Waals surface area contributed by atoms with Gasteiger partial charge in [0.05, 0.1) is 6.04 Å². The second-order valence-electron chi connectivity index (χ2n) is 7.58. The van der Waals surface area contributed by atoms with Gasteiger partial charge in [0, 0.05) is 18.0 Å². The predicted octanol–water partition coefficient (Wildman–Crippen LogP) is 3.70. The summed E-state index contributed by atoms with van der Waals surface area (Å²) in [6.45, 7) is 8.52. The van der Waals surface area contributed by atoms with Gasteiger partial charge in [-0.2, -0.15) is 0 Å². The number of urea groups is 1. The molecule has 0 aromatic carbocycles. The van der Waals surface area contributed by atoms with Crippen molar-refractivity contribution in [3.8, 4) is 0 Å². The average Bonchev–Trinajstić information content (AvgIpc) is 3.11. The standard InChI is InChI=1S/C17H26N2O2/c1-10-7-13-14(8-17(3,4)9-15(13)21-10)19-16(20)18-11(2)12-5-6-12/h7,11-12,14H,5-6,8-9H2,1-4H3,(H2,18,19,20)/t11-,14+/m1/s1. The molecule has 2 N–H and O–H groups in total. The molecule has 0 spiro atoms. The Morgan fingerprint density at radius 1 is 1.43 bits per heavy atom. The van der Waals surface area contributed by atoms with Crippen LogP contribution in [0, 0.1) is 18.3 Å². The highest BCUT2D eigenvalue weighted by atomic mass is 16.3. The van der Waals surface area contributed by atoms with Gasteiger partial charge in [-0.25, -0.2) is 4.79 Å². The lowest BCUT2D eigenvalue weighted by atomic mass is 9.75. The molecule has 0 saturated heterocycles. The van der Waals surface area contributed by atoms with Crippen LogP contribution in [0.4, 0.5) is 4.79 Å². The number of aryl methyl sites for hydroxylation is 1. The molecule has 1 aromatic rings. The molecule has 2 aliphatic carbocycles. The van der Waals surface area contributed by atoms with Gasteiger partial charge >= 0.3 is 6.03 Å². The molecular formula is C17H26N2O2. The summed E-state index contributed by atoms with van der Waals surface area (Å²) in [6.07, 6.45) is 4.37. The molecule has 2 atom stereocenters. The van der Waals surface area contributed by atoms with Crippen molar-refractivity contribution in [3.05, 3.63) is 23.2 Å². The minimum Gasteiger partial charge on any atom is -0.466 e. The van der Waals surface area contributed by atoms with Gasteiger partial charge < -0.3 is 15.1 Å². The van der Waals surface area contributed by atoms with Crippen molar-refractivity contribution in [3.63, 3.8) is 0 Å². The molecule has 4 nitrogen and oxygen atoms in total. The van der Waals surface area contributed by atoms with Gasteiger partial charge in [-0.3, -0.25) is 0 Å². The fourth-order valence-corrected chi connectivity index (χ4v) is 3.43. The summed E-state index contributed by atoms with van der Waals surface area (Å²) in [6, 6.07) is 2.33. The number of carbonyl (C=O) groups is 1. The van der Waals surface area contributed by atoms with E-state index in [2.05, 4.69) is 37.5 Å². The average molecular weight is 290 g/mol. The van der Waals surface area contributed by atoms with Crippen molar-refractivity contribution >= 4 is 6.03 Å². The molecule has 0 bridgehead atoms. The molecule has 4 heteroatoms. The van der Waals surface area contributed by atoms with E-state index in [0.717, 1.165) is 29.9 Å². The van der Waals surface area contributed by atoms with Gasteiger partial charge in [-0.05, 0) is 50.5 Å². The zero-order chi connectivity index (χ0) is 15.2. The maximum Gasteiger partial charge on any atom is 0.315 e. The number of furan rings is 1. The van der Waals surface area contributed by atoms with E-state index in [0.29, 0.717) is 5.92 Å². The van der Waals surface area contributed by atoms with Gasteiger partial charge in [-0.15, -0.1) is 0 Å². The molecule has 0 radical (unpaired) electrons. The first-order valence-corrected chi connectivity index (χ1v) is 8.00. The van der Waals surface area contributed by atoms with E-state index in [1.54, 1.807) is 0 Å².